The molecule has 90 valence electrons. The maximum Gasteiger partial charge on any atom is 0.204 e. The minimum atomic E-state index is -0.0868. The van der Waals surface area contributed by atoms with E-state index in [9.17, 15) is 10.1 Å². The van der Waals surface area contributed by atoms with Gasteiger partial charge in [-0.1, -0.05) is 44.0 Å². The van der Waals surface area contributed by atoms with E-state index in [0.717, 1.165) is 24.0 Å². The van der Waals surface area contributed by atoms with E-state index in [4.69, 9.17) is 0 Å². The van der Waals surface area contributed by atoms with Crippen molar-refractivity contribution in [3.8, 4) is 6.07 Å². The molecule has 18 heavy (non-hydrogen) atoms. The Labute approximate surface area is 107 Å². The number of hydrogen-bond donors (Lipinski definition) is 0. The van der Waals surface area contributed by atoms with Gasteiger partial charge in [-0.25, -0.2) is 0 Å². The summed E-state index contributed by atoms with van der Waals surface area (Å²) in [6, 6.07) is 9.78. The molecular weight excluding hydrogens is 222 g/mol. The summed E-state index contributed by atoms with van der Waals surface area (Å²) in [5, 5.41) is 9.33. The number of nitriles is 1. The lowest BCUT2D eigenvalue weighted by Crippen LogP contribution is -2.14. The van der Waals surface area contributed by atoms with Crippen LogP contribution in [0.3, 0.4) is 0 Å². The van der Waals surface area contributed by atoms with Gasteiger partial charge >= 0.3 is 0 Å². The lowest BCUT2D eigenvalue weighted by molar-refractivity contribution is 0.104. The van der Waals surface area contributed by atoms with Crippen molar-refractivity contribution in [1.29, 1.82) is 5.26 Å². The van der Waals surface area contributed by atoms with Gasteiger partial charge in [-0.2, -0.15) is 5.26 Å². The second-order valence-corrected chi connectivity index (χ2v) is 5.50. The number of benzene rings is 1. The van der Waals surface area contributed by atoms with Crippen LogP contribution in [0.2, 0.25) is 0 Å². The summed E-state index contributed by atoms with van der Waals surface area (Å²) in [4.78, 5) is 12.3. The average molecular weight is 237 g/mol. The largest absolute Gasteiger partial charge is 0.288 e. The molecule has 0 radical (unpaired) electrons. The van der Waals surface area contributed by atoms with Crippen molar-refractivity contribution in [1.82, 2.24) is 0 Å². The Morgan fingerprint density at radius 2 is 1.78 bits per heavy atom. The van der Waals surface area contributed by atoms with Crippen LogP contribution in [0.5, 0.6) is 0 Å². The molecule has 0 aliphatic heterocycles. The molecule has 0 bridgehead atoms. The molecule has 2 heteroatoms. The number of hydrogen-bond acceptors (Lipinski definition) is 2. The molecule has 2 nitrogen and oxygen atoms in total. The van der Waals surface area contributed by atoms with Crippen molar-refractivity contribution < 1.29 is 4.79 Å². The highest BCUT2D eigenvalue weighted by Crippen LogP contribution is 2.52. The van der Waals surface area contributed by atoms with Crippen LogP contribution in [0, 0.1) is 16.7 Å². The quantitative estimate of drug-likeness (QED) is 0.746. The molecule has 1 aromatic carbocycles. The summed E-state index contributed by atoms with van der Waals surface area (Å²) in [5.41, 5.74) is 3.08. The van der Waals surface area contributed by atoms with Crippen LogP contribution in [0.1, 0.15) is 48.5 Å². The number of Topliss-reactive ketones (excluding diaryl/α,β-unsaturated/α-hetero) is 1. The highest BCUT2D eigenvalue weighted by molar-refractivity contribution is 6.23. The molecule has 1 fully saturated rings. The van der Waals surface area contributed by atoms with E-state index in [1.165, 1.54) is 12.8 Å². The first-order chi connectivity index (χ1) is 8.67. The van der Waals surface area contributed by atoms with E-state index < -0.39 is 0 Å². The Morgan fingerprint density at radius 3 is 2.39 bits per heavy atom. The molecule has 3 rings (SSSR count). The third-order valence-electron chi connectivity index (χ3n) is 4.34. The second kappa shape index (κ2) is 3.81. The summed E-state index contributed by atoms with van der Waals surface area (Å²) >= 11 is 0. The molecular formula is C16H15NO. The molecule has 0 aromatic heterocycles. The van der Waals surface area contributed by atoms with E-state index in [-0.39, 0.29) is 11.2 Å². The second-order valence-electron chi connectivity index (χ2n) is 5.50. The first-order valence-electron chi connectivity index (χ1n) is 6.46. The maximum absolute atomic E-state index is 12.3. The summed E-state index contributed by atoms with van der Waals surface area (Å²) in [5.74, 6) is -0.0868. The summed E-state index contributed by atoms with van der Waals surface area (Å²) < 4.78 is 0. The number of nitrogens with zero attached hydrogens (tertiary/aromatic N) is 1. The molecule has 0 spiro atoms. The average Bonchev–Trinajstić information content (AvgIpc) is 2.93. The fourth-order valence-corrected chi connectivity index (χ4v) is 3.42. The van der Waals surface area contributed by atoms with Crippen LogP contribution < -0.4 is 0 Å². The molecule has 0 atom stereocenters. The van der Waals surface area contributed by atoms with Crippen molar-refractivity contribution in [3.05, 3.63) is 41.0 Å². The van der Waals surface area contributed by atoms with Crippen molar-refractivity contribution in [2.45, 2.75) is 32.6 Å². The van der Waals surface area contributed by atoms with E-state index in [2.05, 4.69) is 13.0 Å². The van der Waals surface area contributed by atoms with Gasteiger partial charge in [0.1, 0.15) is 11.6 Å². The lowest BCUT2D eigenvalue weighted by Gasteiger charge is -2.26. The van der Waals surface area contributed by atoms with Crippen LogP contribution in [0.15, 0.2) is 29.8 Å². The zero-order valence-corrected chi connectivity index (χ0v) is 10.5. The van der Waals surface area contributed by atoms with Gasteiger partial charge in [0.05, 0.1) is 0 Å². The van der Waals surface area contributed by atoms with Crippen LogP contribution in [-0.2, 0) is 0 Å². The number of allylic oxidation sites excluding steroid dienone is 2. The fraction of sp³-hybridized carbons (Fsp3) is 0.375. The molecule has 2 aliphatic carbocycles. The monoisotopic (exact) mass is 237 g/mol. The van der Waals surface area contributed by atoms with Crippen molar-refractivity contribution in [2.24, 2.45) is 5.41 Å². The van der Waals surface area contributed by atoms with Gasteiger partial charge in [0.2, 0.25) is 5.78 Å². The highest BCUT2D eigenvalue weighted by Gasteiger charge is 2.41. The Bertz CT molecular complexity index is 598. The Kier molecular flexibility index (Phi) is 2.38. The number of rotatable bonds is 1. The van der Waals surface area contributed by atoms with Gasteiger partial charge in [0.25, 0.3) is 0 Å². The zero-order chi connectivity index (χ0) is 12.8. The number of carbonyl (C=O) groups is 1. The SMILES string of the molecule is CC1(C2=C(C#N)C(=O)c3ccccc32)CCCC1. The fourth-order valence-electron chi connectivity index (χ4n) is 3.42. The molecule has 0 saturated heterocycles. The molecule has 2 aliphatic rings. The minimum Gasteiger partial charge on any atom is -0.288 e. The van der Waals surface area contributed by atoms with Gasteiger partial charge in [-0.15, -0.1) is 0 Å². The molecule has 0 N–H and O–H groups in total. The first kappa shape index (κ1) is 11.2. The minimum absolute atomic E-state index is 0.00727. The zero-order valence-electron chi connectivity index (χ0n) is 10.5. The predicted molar refractivity (Wildman–Crippen MR) is 69.9 cm³/mol. The van der Waals surface area contributed by atoms with Crippen molar-refractivity contribution >= 4 is 11.4 Å². The first-order valence-corrected chi connectivity index (χ1v) is 6.46. The van der Waals surface area contributed by atoms with Gasteiger partial charge < -0.3 is 0 Å². The number of ketones is 1. The van der Waals surface area contributed by atoms with Gasteiger partial charge in [-0.05, 0) is 29.4 Å². The number of carbonyl (C=O) groups excluding carboxylic acids is 1. The summed E-state index contributed by atoms with van der Waals surface area (Å²) in [7, 11) is 0. The van der Waals surface area contributed by atoms with Crippen LogP contribution in [0.4, 0.5) is 0 Å². The van der Waals surface area contributed by atoms with E-state index in [1.807, 2.05) is 24.3 Å². The van der Waals surface area contributed by atoms with Gasteiger partial charge in [0, 0.05) is 5.56 Å². The van der Waals surface area contributed by atoms with Gasteiger partial charge in [0.15, 0.2) is 0 Å². The number of fused-ring (bicyclic) bond motifs is 1. The highest BCUT2D eigenvalue weighted by atomic mass is 16.1. The lowest BCUT2D eigenvalue weighted by atomic mass is 9.77. The van der Waals surface area contributed by atoms with Crippen LogP contribution in [0.25, 0.3) is 5.57 Å². The third-order valence-corrected chi connectivity index (χ3v) is 4.34. The van der Waals surface area contributed by atoms with Crippen LogP contribution >= 0.6 is 0 Å². The normalized spacial score (nSPS) is 21.0. The Balaban J connectivity index is 2.25. The van der Waals surface area contributed by atoms with E-state index in [0.29, 0.717) is 11.1 Å². The van der Waals surface area contributed by atoms with Crippen LogP contribution in [-0.4, -0.2) is 5.78 Å². The summed E-state index contributed by atoms with van der Waals surface area (Å²) in [6.07, 6.45) is 4.54. The van der Waals surface area contributed by atoms with E-state index in [1.54, 1.807) is 0 Å². The van der Waals surface area contributed by atoms with Gasteiger partial charge in [-0.3, -0.25) is 4.79 Å². The molecule has 0 unspecified atom stereocenters. The predicted octanol–water partition coefficient (Wildman–Crippen LogP) is 3.74. The molecule has 0 heterocycles. The van der Waals surface area contributed by atoms with Crippen molar-refractivity contribution in [3.63, 3.8) is 0 Å². The standard InChI is InChI=1S/C16H15NO/c1-16(8-4-5-9-16)14-11-6-2-3-7-12(11)15(18)13(14)10-17/h2-3,6-7H,4-5,8-9H2,1H3. The Hall–Kier alpha value is -1.88. The molecule has 1 saturated carbocycles. The smallest absolute Gasteiger partial charge is 0.204 e. The molecule has 0 amide bonds. The van der Waals surface area contributed by atoms with E-state index >= 15 is 0 Å². The topological polar surface area (TPSA) is 40.9 Å². The van der Waals surface area contributed by atoms with Crippen molar-refractivity contribution in [2.75, 3.05) is 0 Å². The Morgan fingerprint density at radius 1 is 1.17 bits per heavy atom. The summed E-state index contributed by atoms with van der Waals surface area (Å²) in [6.45, 7) is 2.20. The third kappa shape index (κ3) is 1.37. The maximum atomic E-state index is 12.3. The molecule has 1 aromatic rings.